The Morgan fingerprint density at radius 1 is 0.459 bits per heavy atom. The number of hydrogen-bond donors (Lipinski definition) is 0. The van der Waals surface area contributed by atoms with Crippen molar-refractivity contribution in [2.24, 2.45) is 0 Å². The molecule has 2 aliphatic heterocycles. The van der Waals surface area contributed by atoms with Crippen LogP contribution in [0.15, 0.2) is 137 Å². The van der Waals surface area contributed by atoms with Gasteiger partial charge in [0.05, 0.1) is 11.0 Å². The molecule has 382 valence electrons. The lowest BCUT2D eigenvalue weighted by Gasteiger charge is -2.41. The van der Waals surface area contributed by atoms with Crippen molar-refractivity contribution in [2.45, 2.75) is 77.8 Å². The first-order valence-corrected chi connectivity index (χ1v) is 24.5. The van der Waals surface area contributed by atoms with E-state index in [1.807, 2.05) is 6.07 Å². The number of hydrogen-bond acceptors (Lipinski definition) is 4. The molecule has 2 aliphatic rings. The normalized spacial score (nSPS) is 15.1. The zero-order valence-corrected chi connectivity index (χ0v) is 41.8. The lowest BCUT2D eigenvalue weighted by molar-refractivity contribution is 0.102. The molecule has 6 aromatic carbocycles. The molecule has 2 aromatic heterocycles. The number of aromatic nitrogens is 2. The van der Waals surface area contributed by atoms with Crippen LogP contribution < -0.4 is 11.1 Å². The molecule has 0 aliphatic carbocycles. The van der Waals surface area contributed by atoms with E-state index in [0.29, 0.717) is 40.4 Å². The fourth-order valence-electron chi connectivity index (χ4n) is 10.3. The zero-order valence-electron chi connectivity index (χ0n) is 41.8. The van der Waals surface area contributed by atoms with Gasteiger partial charge in [-0.1, -0.05) is 24.3 Å². The predicted octanol–water partition coefficient (Wildman–Crippen LogP) is 14.3. The number of piperidine rings is 1. The fraction of sp³-hybridized carbons (Fsp3) is 0.267. The minimum atomic E-state index is -0.896. The first-order chi connectivity index (χ1) is 35.1. The summed E-state index contributed by atoms with van der Waals surface area (Å²) < 4.78 is 119. The van der Waals surface area contributed by atoms with E-state index in [9.17, 15) is 35.9 Å². The lowest BCUT2D eigenvalue weighted by atomic mass is 9.85. The molecule has 8 aromatic rings. The lowest BCUT2D eigenvalue weighted by Crippen LogP contribution is -2.45. The molecule has 74 heavy (non-hydrogen) atoms. The second-order valence-electron chi connectivity index (χ2n) is 20.9. The molecule has 1 fully saturated rings. The van der Waals surface area contributed by atoms with Crippen molar-refractivity contribution < 1.29 is 35.1 Å². The quantitative estimate of drug-likeness (QED) is 0.156. The molecule has 0 N–H and O–H groups in total. The summed E-state index contributed by atoms with van der Waals surface area (Å²) in [6, 6.07) is 26.0. The van der Waals surface area contributed by atoms with E-state index in [4.69, 9.17) is 0 Å². The maximum atomic E-state index is 15.0. The van der Waals surface area contributed by atoms with E-state index in [0.717, 1.165) is 95.2 Å². The largest absolute Gasteiger partial charge is 0.298 e. The molecule has 0 atom stereocenters. The SMILES string of the molecule is CC(C)(C)N1CC=C(c2cc(-c3ccc(F)cc3F)c3ccc(=O)n(-c4c(F)cccc4F)c3c2)CC1.CC(C)(C)N1CCC(c2cc(-c3ccc(F)cc3F)c3ccc(=O)n(-c4c(F)cccc4F)c3c2)CC1. The molecule has 4 heterocycles. The summed E-state index contributed by atoms with van der Waals surface area (Å²) in [7, 11) is 0. The highest BCUT2D eigenvalue weighted by atomic mass is 19.2. The van der Waals surface area contributed by atoms with Gasteiger partial charge in [-0.25, -0.2) is 35.1 Å². The predicted molar refractivity (Wildman–Crippen MR) is 277 cm³/mol. The number of fused-ring (bicyclic) bond motifs is 2. The summed E-state index contributed by atoms with van der Waals surface area (Å²) in [5, 5.41) is 0.841. The van der Waals surface area contributed by atoms with Gasteiger partial charge in [0, 0.05) is 70.3 Å². The van der Waals surface area contributed by atoms with Crippen LogP contribution in [0.2, 0.25) is 0 Å². The monoisotopic (exact) mass is 1010 g/mol. The van der Waals surface area contributed by atoms with Gasteiger partial charge in [-0.05, 0) is 187 Å². The molecule has 1 saturated heterocycles. The van der Waals surface area contributed by atoms with Crippen LogP contribution in [-0.2, 0) is 0 Å². The fourth-order valence-corrected chi connectivity index (χ4v) is 10.3. The van der Waals surface area contributed by atoms with Crippen LogP contribution in [0.5, 0.6) is 0 Å². The molecule has 14 heteroatoms. The molecule has 0 spiro atoms. The summed E-state index contributed by atoms with van der Waals surface area (Å²) in [6.07, 6.45) is 4.44. The van der Waals surface area contributed by atoms with Crippen LogP contribution in [0.25, 0.3) is 61.0 Å². The molecular formula is C60H54F8N4O2. The Balaban J connectivity index is 0.000000182. The van der Waals surface area contributed by atoms with Crippen molar-refractivity contribution in [1.29, 1.82) is 0 Å². The van der Waals surface area contributed by atoms with Crippen LogP contribution in [-0.4, -0.2) is 56.2 Å². The second kappa shape index (κ2) is 20.3. The van der Waals surface area contributed by atoms with Gasteiger partial charge in [0.1, 0.15) is 57.9 Å². The Morgan fingerprint density at radius 3 is 1.35 bits per heavy atom. The molecule has 10 rings (SSSR count). The zero-order chi connectivity index (χ0) is 53.0. The number of nitrogens with zero attached hydrogens (tertiary/aromatic N) is 4. The van der Waals surface area contributed by atoms with Crippen LogP contribution >= 0.6 is 0 Å². The number of likely N-dealkylation sites (tertiary alicyclic amines) is 1. The second-order valence-corrected chi connectivity index (χ2v) is 20.9. The van der Waals surface area contributed by atoms with E-state index in [2.05, 4.69) is 57.4 Å². The number of pyridine rings is 2. The third-order valence-electron chi connectivity index (χ3n) is 14.3. The minimum absolute atomic E-state index is 0.0172. The smallest absolute Gasteiger partial charge is 0.255 e. The summed E-state index contributed by atoms with van der Waals surface area (Å²) in [5.74, 6) is -6.41. The average molecular weight is 1020 g/mol. The van der Waals surface area contributed by atoms with Crippen LogP contribution in [0.3, 0.4) is 0 Å². The van der Waals surface area contributed by atoms with E-state index in [-0.39, 0.29) is 39.2 Å². The van der Waals surface area contributed by atoms with Crippen molar-refractivity contribution >= 4 is 27.4 Å². The summed E-state index contributed by atoms with van der Waals surface area (Å²) in [6.45, 7) is 16.1. The molecule has 0 radical (unpaired) electrons. The number of rotatable bonds is 6. The van der Waals surface area contributed by atoms with Gasteiger partial charge in [0.25, 0.3) is 11.1 Å². The first-order valence-electron chi connectivity index (χ1n) is 24.5. The topological polar surface area (TPSA) is 50.5 Å². The number of benzene rings is 6. The van der Waals surface area contributed by atoms with Crippen molar-refractivity contribution in [3.63, 3.8) is 0 Å². The van der Waals surface area contributed by atoms with Gasteiger partial charge < -0.3 is 0 Å². The Morgan fingerprint density at radius 2 is 0.919 bits per heavy atom. The van der Waals surface area contributed by atoms with Crippen LogP contribution in [0, 0.1) is 46.5 Å². The van der Waals surface area contributed by atoms with Gasteiger partial charge in [-0.3, -0.25) is 28.5 Å². The first kappa shape index (κ1) is 51.7. The highest BCUT2D eigenvalue weighted by Gasteiger charge is 2.30. The molecular weight excluding hydrogens is 961 g/mol. The van der Waals surface area contributed by atoms with E-state index < -0.39 is 69.0 Å². The van der Waals surface area contributed by atoms with Crippen molar-refractivity contribution in [3.8, 4) is 33.6 Å². The van der Waals surface area contributed by atoms with Crippen LogP contribution in [0.1, 0.15) is 77.8 Å². The van der Waals surface area contributed by atoms with Crippen molar-refractivity contribution in [2.75, 3.05) is 26.2 Å². The summed E-state index contributed by atoms with van der Waals surface area (Å²) in [4.78, 5) is 30.8. The standard InChI is InChI=1S/C30H28F4N2O.C30H26F4N2O/c2*1-30(2,3)35-13-11-18(12-14-35)19-15-23(21-8-7-20(31)17-26(21)34)22-9-10-28(37)36(27(22)16-19)29-24(32)5-4-6-25(29)33/h4-10,15-18H,11-14H2,1-3H3;4-11,15-17H,12-14H2,1-3H3. The van der Waals surface area contributed by atoms with Crippen molar-refractivity contribution in [3.05, 3.63) is 206 Å². The van der Waals surface area contributed by atoms with Gasteiger partial charge in [0.15, 0.2) is 0 Å². The summed E-state index contributed by atoms with van der Waals surface area (Å²) >= 11 is 0. The maximum absolute atomic E-state index is 15.0. The van der Waals surface area contributed by atoms with Gasteiger partial charge >= 0.3 is 0 Å². The van der Waals surface area contributed by atoms with Gasteiger partial charge in [-0.2, -0.15) is 0 Å². The molecule has 0 unspecified atom stereocenters. The van der Waals surface area contributed by atoms with Crippen LogP contribution in [0.4, 0.5) is 35.1 Å². The highest BCUT2D eigenvalue weighted by Crippen LogP contribution is 2.40. The Kier molecular flexibility index (Phi) is 14.2. The highest BCUT2D eigenvalue weighted by molar-refractivity contribution is 5.99. The number of para-hydroxylation sites is 2. The van der Waals surface area contributed by atoms with Gasteiger partial charge in [-0.15, -0.1) is 0 Å². The summed E-state index contributed by atoms with van der Waals surface area (Å²) in [5.41, 5.74) is 1.92. The Hall–Kier alpha value is -7.16. The maximum Gasteiger partial charge on any atom is 0.255 e. The third kappa shape index (κ3) is 10.2. The van der Waals surface area contributed by atoms with E-state index >= 15 is 8.78 Å². The minimum Gasteiger partial charge on any atom is -0.298 e. The average Bonchev–Trinajstić information content (AvgIpc) is 3.34. The third-order valence-corrected chi connectivity index (χ3v) is 14.3. The van der Waals surface area contributed by atoms with Gasteiger partial charge in [0.2, 0.25) is 0 Å². The van der Waals surface area contributed by atoms with E-state index in [1.54, 1.807) is 18.2 Å². The number of halogens is 8. The van der Waals surface area contributed by atoms with E-state index in [1.165, 1.54) is 54.6 Å². The van der Waals surface area contributed by atoms with Crippen molar-refractivity contribution in [1.82, 2.24) is 18.9 Å². The molecule has 0 saturated carbocycles. The molecule has 6 nitrogen and oxygen atoms in total. The Labute approximate surface area is 423 Å². The molecule has 0 amide bonds. The molecule has 0 bridgehead atoms. The Bertz CT molecular complexity index is 3600.